The van der Waals surface area contributed by atoms with Gasteiger partial charge in [0.25, 0.3) is 0 Å². The zero-order chi connectivity index (χ0) is 10.8. The van der Waals surface area contributed by atoms with E-state index in [1.165, 1.54) is 11.3 Å². The van der Waals surface area contributed by atoms with Crippen LogP contribution in [0.5, 0.6) is 0 Å². The Hall–Kier alpha value is -1.00. The fourth-order valence-corrected chi connectivity index (χ4v) is 1.96. The highest BCUT2D eigenvalue weighted by Crippen LogP contribution is 2.15. The van der Waals surface area contributed by atoms with Crippen LogP contribution in [0.15, 0.2) is 0 Å². The monoisotopic (exact) mass is 206 g/mol. The molecule has 82 valence electrons. The highest BCUT2D eigenvalue weighted by atomic mass is 15.1. The Morgan fingerprint density at radius 2 is 2.13 bits per heavy atom. The van der Waals surface area contributed by atoms with Crippen molar-refractivity contribution in [2.24, 2.45) is 0 Å². The van der Waals surface area contributed by atoms with Gasteiger partial charge >= 0.3 is 0 Å². The Balaban J connectivity index is 2.32. The SMILES string of the molecule is Cc1nc(CN(C)C)nc2c1CCNC2. The maximum Gasteiger partial charge on any atom is 0.142 e. The van der Waals surface area contributed by atoms with Crippen LogP contribution in [0.2, 0.25) is 0 Å². The summed E-state index contributed by atoms with van der Waals surface area (Å²) >= 11 is 0. The first-order valence-corrected chi connectivity index (χ1v) is 5.37. The summed E-state index contributed by atoms with van der Waals surface area (Å²) in [5.41, 5.74) is 3.68. The maximum absolute atomic E-state index is 4.60. The molecule has 0 atom stereocenters. The van der Waals surface area contributed by atoms with E-state index in [9.17, 15) is 0 Å². The van der Waals surface area contributed by atoms with Crippen molar-refractivity contribution < 1.29 is 0 Å². The third-order valence-electron chi connectivity index (χ3n) is 2.65. The van der Waals surface area contributed by atoms with Crippen LogP contribution in [-0.2, 0) is 19.5 Å². The number of hydrogen-bond acceptors (Lipinski definition) is 4. The second-order valence-corrected chi connectivity index (χ2v) is 4.32. The zero-order valence-corrected chi connectivity index (χ0v) is 9.67. The Labute approximate surface area is 90.7 Å². The van der Waals surface area contributed by atoms with Gasteiger partial charge in [0.15, 0.2) is 0 Å². The van der Waals surface area contributed by atoms with Gasteiger partial charge in [-0.15, -0.1) is 0 Å². The van der Waals surface area contributed by atoms with Crippen molar-refractivity contribution in [2.45, 2.75) is 26.4 Å². The first-order valence-electron chi connectivity index (χ1n) is 5.37. The van der Waals surface area contributed by atoms with E-state index < -0.39 is 0 Å². The zero-order valence-electron chi connectivity index (χ0n) is 9.67. The van der Waals surface area contributed by atoms with Gasteiger partial charge in [-0.1, -0.05) is 0 Å². The lowest BCUT2D eigenvalue weighted by Gasteiger charge is -2.19. The Kier molecular flexibility index (Phi) is 2.98. The van der Waals surface area contributed by atoms with E-state index in [-0.39, 0.29) is 0 Å². The van der Waals surface area contributed by atoms with Gasteiger partial charge in [0.1, 0.15) is 5.82 Å². The van der Waals surface area contributed by atoms with E-state index in [1.807, 2.05) is 14.1 Å². The molecule has 0 radical (unpaired) electrons. The van der Waals surface area contributed by atoms with Crippen molar-refractivity contribution in [1.29, 1.82) is 0 Å². The van der Waals surface area contributed by atoms with Crippen molar-refractivity contribution in [3.8, 4) is 0 Å². The molecule has 1 N–H and O–H groups in total. The van der Waals surface area contributed by atoms with Crippen molar-refractivity contribution in [3.63, 3.8) is 0 Å². The van der Waals surface area contributed by atoms with E-state index in [0.717, 1.165) is 37.6 Å². The lowest BCUT2D eigenvalue weighted by Crippen LogP contribution is -2.27. The largest absolute Gasteiger partial charge is 0.311 e. The molecule has 0 saturated heterocycles. The summed E-state index contributed by atoms with van der Waals surface area (Å²) in [6.07, 6.45) is 1.06. The normalized spacial score (nSPS) is 15.5. The molecule has 1 aliphatic heterocycles. The molecular formula is C11H18N4. The molecular weight excluding hydrogens is 188 g/mol. The molecule has 0 aliphatic carbocycles. The van der Waals surface area contributed by atoms with Crippen molar-refractivity contribution >= 4 is 0 Å². The summed E-state index contributed by atoms with van der Waals surface area (Å²) in [5, 5.41) is 3.34. The molecule has 0 amide bonds. The molecule has 4 heteroatoms. The molecule has 4 nitrogen and oxygen atoms in total. The van der Waals surface area contributed by atoms with Crippen LogP contribution in [0.4, 0.5) is 0 Å². The predicted molar refractivity (Wildman–Crippen MR) is 59.6 cm³/mol. The van der Waals surface area contributed by atoms with Gasteiger partial charge in [0.05, 0.1) is 12.2 Å². The van der Waals surface area contributed by atoms with Crippen LogP contribution in [0.1, 0.15) is 22.8 Å². The number of aryl methyl sites for hydroxylation is 1. The number of nitrogens with zero attached hydrogens (tertiary/aromatic N) is 3. The molecule has 0 aromatic carbocycles. The highest BCUT2D eigenvalue weighted by molar-refractivity contribution is 5.27. The number of nitrogens with one attached hydrogen (secondary N) is 1. The van der Waals surface area contributed by atoms with E-state index in [1.54, 1.807) is 0 Å². The van der Waals surface area contributed by atoms with Crippen molar-refractivity contribution in [1.82, 2.24) is 20.2 Å². The molecule has 1 aromatic heterocycles. The summed E-state index contributed by atoms with van der Waals surface area (Å²) in [6.45, 7) is 4.84. The Morgan fingerprint density at radius 1 is 1.33 bits per heavy atom. The maximum atomic E-state index is 4.60. The second kappa shape index (κ2) is 4.24. The van der Waals surface area contributed by atoms with Gasteiger partial charge in [-0.05, 0) is 39.5 Å². The minimum Gasteiger partial charge on any atom is -0.311 e. The lowest BCUT2D eigenvalue weighted by atomic mass is 10.1. The standard InChI is InChI=1S/C11H18N4/c1-8-9-4-5-12-6-10(9)14-11(13-8)7-15(2)3/h12H,4-7H2,1-3H3. The molecule has 0 unspecified atom stereocenters. The number of aromatic nitrogens is 2. The molecule has 1 aliphatic rings. The average molecular weight is 206 g/mol. The molecule has 0 spiro atoms. The van der Waals surface area contributed by atoms with Gasteiger partial charge in [0, 0.05) is 12.2 Å². The number of hydrogen-bond donors (Lipinski definition) is 1. The van der Waals surface area contributed by atoms with Gasteiger partial charge in [-0.3, -0.25) is 0 Å². The predicted octanol–water partition coefficient (Wildman–Crippen LogP) is 0.492. The topological polar surface area (TPSA) is 41.1 Å². The summed E-state index contributed by atoms with van der Waals surface area (Å²) in [4.78, 5) is 11.2. The van der Waals surface area contributed by atoms with Gasteiger partial charge in [-0.25, -0.2) is 9.97 Å². The summed E-state index contributed by atoms with van der Waals surface area (Å²) in [5.74, 6) is 0.931. The van der Waals surface area contributed by atoms with Gasteiger partial charge in [-0.2, -0.15) is 0 Å². The lowest BCUT2D eigenvalue weighted by molar-refractivity contribution is 0.388. The van der Waals surface area contributed by atoms with Crippen molar-refractivity contribution in [2.75, 3.05) is 20.6 Å². The minimum absolute atomic E-state index is 0.814. The van der Waals surface area contributed by atoms with Crippen LogP contribution in [0.25, 0.3) is 0 Å². The van der Waals surface area contributed by atoms with E-state index in [2.05, 4.69) is 27.1 Å². The quantitative estimate of drug-likeness (QED) is 0.764. The average Bonchev–Trinajstić information content (AvgIpc) is 2.16. The Bertz CT molecular complexity index is 360. The molecule has 1 aromatic rings. The summed E-state index contributed by atoms with van der Waals surface area (Å²) in [6, 6.07) is 0. The van der Waals surface area contributed by atoms with Crippen LogP contribution < -0.4 is 5.32 Å². The molecule has 0 bridgehead atoms. The summed E-state index contributed by atoms with van der Waals surface area (Å²) in [7, 11) is 4.08. The first kappa shape index (κ1) is 10.5. The smallest absolute Gasteiger partial charge is 0.142 e. The van der Waals surface area contributed by atoms with E-state index >= 15 is 0 Å². The highest BCUT2D eigenvalue weighted by Gasteiger charge is 2.14. The van der Waals surface area contributed by atoms with E-state index in [4.69, 9.17) is 0 Å². The molecule has 15 heavy (non-hydrogen) atoms. The molecule has 0 saturated carbocycles. The van der Waals surface area contributed by atoms with Crippen molar-refractivity contribution in [3.05, 3.63) is 22.8 Å². The number of fused-ring (bicyclic) bond motifs is 1. The van der Waals surface area contributed by atoms with Gasteiger partial charge < -0.3 is 10.2 Å². The fourth-order valence-electron chi connectivity index (χ4n) is 1.96. The third-order valence-corrected chi connectivity index (χ3v) is 2.65. The van der Waals surface area contributed by atoms with Crippen LogP contribution >= 0.6 is 0 Å². The minimum atomic E-state index is 0.814. The first-order chi connectivity index (χ1) is 7.16. The molecule has 2 rings (SSSR count). The van der Waals surface area contributed by atoms with Crippen LogP contribution in [0, 0.1) is 6.92 Å². The number of rotatable bonds is 2. The van der Waals surface area contributed by atoms with Crippen LogP contribution in [-0.4, -0.2) is 35.5 Å². The fraction of sp³-hybridized carbons (Fsp3) is 0.636. The van der Waals surface area contributed by atoms with Crippen LogP contribution in [0.3, 0.4) is 0 Å². The Morgan fingerprint density at radius 3 is 2.87 bits per heavy atom. The summed E-state index contributed by atoms with van der Waals surface area (Å²) < 4.78 is 0. The third kappa shape index (κ3) is 2.33. The van der Waals surface area contributed by atoms with Gasteiger partial charge in [0.2, 0.25) is 0 Å². The van der Waals surface area contributed by atoms with E-state index in [0.29, 0.717) is 0 Å². The molecule has 2 heterocycles. The second-order valence-electron chi connectivity index (χ2n) is 4.32. The molecule has 0 fully saturated rings.